The van der Waals surface area contributed by atoms with Crippen LogP contribution < -0.4 is 5.56 Å². The van der Waals surface area contributed by atoms with Gasteiger partial charge in [-0.15, -0.1) is 0 Å². The van der Waals surface area contributed by atoms with E-state index < -0.39 is 0 Å². The summed E-state index contributed by atoms with van der Waals surface area (Å²) in [7, 11) is 1.90. The molecular weight excluding hydrogens is 236 g/mol. The van der Waals surface area contributed by atoms with E-state index in [9.17, 15) is 4.79 Å². The van der Waals surface area contributed by atoms with Crippen molar-refractivity contribution >= 4 is 12.2 Å². The molecule has 0 fully saturated rings. The van der Waals surface area contributed by atoms with Gasteiger partial charge >= 0.3 is 0 Å². The summed E-state index contributed by atoms with van der Waals surface area (Å²) in [4.78, 5) is 13.7. The van der Waals surface area contributed by atoms with Gasteiger partial charge in [0.1, 0.15) is 0 Å². The van der Waals surface area contributed by atoms with Gasteiger partial charge in [-0.3, -0.25) is 14.5 Å². The fraction of sp³-hybridized carbons (Fsp3) is 0.364. The van der Waals surface area contributed by atoms with Gasteiger partial charge in [-0.25, -0.2) is 0 Å². The lowest BCUT2D eigenvalue weighted by molar-refractivity contribution is 0.738. The molecule has 2 rings (SSSR count). The number of hydrogen-bond acceptors (Lipinski definition) is 3. The highest BCUT2D eigenvalue weighted by molar-refractivity contribution is 7.71. The van der Waals surface area contributed by atoms with Crippen molar-refractivity contribution < 1.29 is 0 Å². The molecule has 5 nitrogen and oxygen atoms in total. The Hall–Kier alpha value is -1.69. The molecule has 0 saturated heterocycles. The molecule has 17 heavy (non-hydrogen) atoms. The van der Waals surface area contributed by atoms with E-state index in [-0.39, 0.29) is 5.56 Å². The Bertz CT molecular complexity index is 637. The number of aromatic amines is 1. The Balaban J connectivity index is 2.37. The zero-order valence-electron chi connectivity index (χ0n) is 9.80. The maximum Gasteiger partial charge on any atom is 0.251 e. The maximum atomic E-state index is 11.1. The summed E-state index contributed by atoms with van der Waals surface area (Å²) >= 11 is 5.11. The van der Waals surface area contributed by atoms with Gasteiger partial charge in [-0.2, -0.15) is 5.10 Å². The van der Waals surface area contributed by atoms with Crippen LogP contribution in [0.4, 0.5) is 0 Å². The molecule has 1 N–H and O–H groups in total. The third-order valence-corrected chi connectivity index (χ3v) is 2.90. The Morgan fingerprint density at radius 2 is 2.29 bits per heavy atom. The minimum atomic E-state index is -0.173. The largest absolute Gasteiger partial charge is 0.321 e. The second-order valence-corrected chi connectivity index (χ2v) is 4.25. The van der Waals surface area contributed by atoms with Crippen LogP contribution in [0, 0.1) is 4.77 Å². The molecule has 0 aliphatic carbocycles. The molecule has 0 saturated carbocycles. The summed E-state index contributed by atoms with van der Waals surface area (Å²) in [5, 5.41) is 4.37. The van der Waals surface area contributed by atoms with Crippen molar-refractivity contribution in [3.05, 3.63) is 44.8 Å². The van der Waals surface area contributed by atoms with E-state index >= 15 is 0 Å². The van der Waals surface area contributed by atoms with E-state index in [1.165, 1.54) is 6.07 Å². The molecule has 2 aromatic rings. The van der Waals surface area contributed by atoms with Crippen LogP contribution in [0.2, 0.25) is 0 Å². The first kappa shape index (κ1) is 11.8. The minimum absolute atomic E-state index is 0.173. The number of hydrogen-bond donors (Lipinski definition) is 1. The van der Waals surface area contributed by atoms with Gasteiger partial charge in [0, 0.05) is 31.1 Å². The Morgan fingerprint density at radius 3 is 2.94 bits per heavy atom. The zero-order valence-corrected chi connectivity index (χ0v) is 10.6. The van der Waals surface area contributed by atoms with Crippen LogP contribution in [0.5, 0.6) is 0 Å². The van der Waals surface area contributed by atoms with Gasteiger partial charge in [0.25, 0.3) is 5.56 Å². The molecular formula is C11H14N4OS. The topological polar surface area (TPSA) is 55.6 Å². The fourth-order valence-electron chi connectivity index (χ4n) is 1.77. The van der Waals surface area contributed by atoms with Gasteiger partial charge in [0.05, 0.1) is 12.2 Å². The summed E-state index contributed by atoms with van der Waals surface area (Å²) in [6, 6.07) is 1.47. The van der Waals surface area contributed by atoms with Crippen molar-refractivity contribution in [2.24, 2.45) is 7.05 Å². The van der Waals surface area contributed by atoms with Crippen molar-refractivity contribution in [3.63, 3.8) is 0 Å². The van der Waals surface area contributed by atoms with Crippen LogP contribution in [0.25, 0.3) is 0 Å². The molecule has 0 aliphatic heterocycles. The Labute approximate surface area is 104 Å². The zero-order chi connectivity index (χ0) is 12.4. The predicted molar refractivity (Wildman–Crippen MR) is 67.6 cm³/mol. The molecule has 2 heterocycles. The number of aryl methyl sites for hydroxylation is 2. The quantitative estimate of drug-likeness (QED) is 0.834. The number of nitrogens with zero attached hydrogens (tertiary/aromatic N) is 3. The normalized spacial score (nSPS) is 10.7. The van der Waals surface area contributed by atoms with E-state index in [2.05, 4.69) is 17.0 Å². The summed E-state index contributed by atoms with van der Waals surface area (Å²) in [5.41, 5.74) is 2.01. The molecule has 0 bridgehead atoms. The van der Waals surface area contributed by atoms with Gasteiger partial charge < -0.3 is 4.57 Å². The third-order valence-electron chi connectivity index (χ3n) is 2.56. The third kappa shape index (κ3) is 2.52. The number of rotatable bonds is 3. The molecule has 0 atom stereocenters. The van der Waals surface area contributed by atoms with E-state index in [1.807, 2.05) is 17.8 Å². The van der Waals surface area contributed by atoms with Crippen LogP contribution in [-0.4, -0.2) is 19.3 Å². The molecule has 0 aromatic carbocycles. The monoisotopic (exact) mass is 250 g/mol. The van der Waals surface area contributed by atoms with Crippen LogP contribution in [-0.2, 0) is 20.0 Å². The first-order valence-corrected chi connectivity index (χ1v) is 5.82. The number of nitrogens with one attached hydrogen (secondary N) is 1. The fourth-order valence-corrected chi connectivity index (χ4v) is 1.99. The summed E-state index contributed by atoms with van der Waals surface area (Å²) in [6.07, 6.45) is 4.56. The molecule has 0 aliphatic rings. The number of H-pyrrole nitrogens is 1. The molecule has 6 heteroatoms. The molecule has 2 aromatic heterocycles. The highest BCUT2D eigenvalue weighted by Crippen LogP contribution is 2.09. The van der Waals surface area contributed by atoms with Gasteiger partial charge in [0.2, 0.25) is 0 Å². The van der Waals surface area contributed by atoms with Gasteiger partial charge in [-0.1, -0.05) is 6.92 Å². The van der Waals surface area contributed by atoms with E-state index in [0.717, 1.165) is 17.7 Å². The minimum Gasteiger partial charge on any atom is -0.321 e. The van der Waals surface area contributed by atoms with Crippen LogP contribution in [0.3, 0.4) is 0 Å². The van der Waals surface area contributed by atoms with E-state index in [1.54, 1.807) is 10.9 Å². The summed E-state index contributed by atoms with van der Waals surface area (Å²) in [5.74, 6) is 0. The molecule has 0 amide bonds. The van der Waals surface area contributed by atoms with Crippen molar-refractivity contribution in [2.45, 2.75) is 19.9 Å². The Morgan fingerprint density at radius 1 is 1.53 bits per heavy atom. The molecule has 90 valence electrons. The molecule has 0 spiro atoms. The molecule has 0 unspecified atom stereocenters. The van der Waals surface area contributed by atoms with Crippen molar-refractivity contribution in [1.82, 2.24) is 19.3 Å². The van der Waals surface area contributed by atoms with E-state index in [0.29, 0.717) is 11.3 Å². The predicted octanol–water partition coefficient (Wildman–Crippen LogP) is 1.25. The first-order valence-electron chi connectivity index (χ1n) is 5.41. The second kappa shape index (κ2) is 4.67. The number of aromatic nitrogens is 4. The highest BCUT2D eigenvalue weighted by atomic mass is 32.1. The second-order valence-electron chi connectivity index (χ2n) is 3.87. The van der Waals surface area contributed by atoms with Crippen molar-refractivity contribution in [2.75, 3.05) is 0 Å². The SMILES string of the molecule is CCc1nn(C)cc1Cn1ccc(=O)[nH]c1=S. The molecule has 0 radical (unpaired) electrons. The van der Waals surface area contributed by atoms with Crippen molar-refractivity contribution in [1.29, 1.82) is 0 Å². The van der Waals surface area contributed by atoms with Gasteiger partial charge in [0.15, 0.2) is 4.77 Å². The first-order chi connectivity index (χ1) is 8.10. The van der Waals surface area contributed by atoms with Gasteiger partial charge in [-0.05, 0) is 18.6 Å². The lowest BCUT2D eigenvalue weighted by atomic mass is 10.2. The smallest absolute Gasteiger partial charge is 0.251 e. The average molecular weight is 250 g/mol. The lowest BCUT2D eigenvalue weighted by Gasteiger charge is -2.05. The maximum absolute atomic E-state index is 11.1. The van der Waals surface area contributed by atoms with Crippen LogP contribution in [0.15, 0.2) is 23.3 Å². The average Bonchev–Trinajstić information content (AvgIpc) is 2.63. The Kier molecular flexibility index (Phi) is 3.23. The lowest BCUT2D eigenvalue weighted by Crippen LogP contribution is -2.12. The highest BCUT2D eigenvalue weighted by Gasteiger charge is 2.06. The van der Waals surface area contributed by atoms with Crippen LogP contribution in [0.1, 0.15) is 18.2 Å². The summed E-state index contributed by atoms with van der Waals surface area (Å²) in [6.45, 7) is 2.70. The van der Waals surface area contributed by atoms with Crippen molar-refractivity contribution in [3.8, 4) is 0 Å². The standard InChI is InChI=1S/C11H14N4OS/c1-3-9-8(6-14(2)13-9)7-15-5-4-10(16)12-11(15)17/h4-6H,3,7H2,1-2H3,(H,12,16,17). The summed E-state index contributed by atoms with van der Waals surface area (Å²) < 4.78 is 4.06. The van der Waals surface area contributed by atoms with E-state index in [4.69, 9.17) is 12.2 Å². The van der Waals surface area contributed by atoms with Crippen LogP contribution >= 0.6 is 12.2 Å².